The molecule has 0 fully saturated rings. The predicted octanol–water partition coefficient (Wildman–Crippen LogP) is -2.07. The van der Waals surface area contributed by atoms with E-state index in [1.165, 1.54) is 11.1 Å². The van der Waals surface area contributed by atoms with Gasteiger partial charge in [0.2, 0.25) is 0 Å². The highest BCUT2D eigenvalue weighted by Crippen LogP contribution is 1.96. The van der Waals surface area contributed by atoms with Gasteiger partial charge in [-0.05, 0) is 50.7 Å². The van der Waals surface area contributed by atoms with Gasteiger partial charge < -0.3 is 24.8 Å². The number of pyridine rings is 2. The summed E-state index contributed by atoms with van der Waals surface area (Å²) >= 11 is 0. The molecule has 4 heteroatoms. The molecule has 0 saturated heterocycles. The van der Waals surface area contributed by atoms with Crippen molar-refractivity contribution in [3.05, 3.63) is 60.2 Å². The number of hydrogen-bond donors (Lipinski definition) is 0. The van der Waals surface area contributed by atoms with Crippen LogP contribution in [0.4, 0.5) is 0 Å². The largest absolute Gasteiger partial charge is 1.00 e. The van der Waals surface area contributed by atoms with E-state index in [2.05, 4.69) is 95.7 Å². The second-order valence-electron chi connectivity index (χ2n) is 6.76. The van der Waals surface area contributed by atoms with Crippen molar-refractivity contribution in [3.8, 4) is 23.7 Å². The smallest absolute Gasteiger partial charge is 0.171 e. The molecule has 2 rings (SSSR count). The first-order valence-corrected chi connectivity index (χ1v) is 9.61. The minimum Gasteiger partial charge on any atom is -1.00 e. The fourth-order valence-corrected chi connectivity index (χ4v) is 2.81. The average molecular weight is 417 g/mol. The van der Waals surface area contributed by atoms with Crippen LogP contribution in [0, 0.1) is 37.5 Å². The van der Waals surface area contributed by atoms with Crippen LogP contribution in [0.3, 0.4) is 0 Å². The Labute approximate surface area is 183 Å². The Kier molecular flexibility index (Phi) is 14.9. The van der Waals surface area contributed by atoms with Gasteiger partial charge in [-0.3, -0.25) is 0 Å². The summed E-state index contributed by atoms with van der Waals surface area (Å²) in [7, 11) is 0. The van der Waals surface area contributed by atoms with E-state index in [4.69, 9.17) is 0 Å². The molecule has 2 nitrogen and oxygen atoms in total. The van der Waals surface area contributed by atoms with Gasteiger partial charge in [-0.25, -0.2) is 9.13 Å². The van der Waals surface area contributed by atoms with Crippen LogP contribution in [-0.4, -0.2) is 0 Å². The monoisotopic (exact) mass is 416 g/mol. The Hall–Kier alpha value is -2.00. The maximum atomic E-state index is 3.17. The Morgan fingerprint density at radius 1 is 0.679 bits per heavy atom. The van der Waals surface area contributed by atoms with Crippen molar-refractivity contribution in [2.24, 2.45) is 0 Å². The molecule has 0 aromatic carbocycles. The molecule has 0 bridgehead atoms. The topological polar surface area (TPSA) is 7.76 Å². The maximum absolute atomic E-state index is 3.17. The number of aromatic nitrogens is 2. The van der Waals surface area contributed by atoms with Gasteiger partial charge in [0.05, 0.1) is 0 Å². The van der Waals surface area contributed by atoms with Gasteiger partial charge in [-0.1, -0.05) is 11.8 Å². The van der Waals surface area contributed by atoms with Crippen LogP contribution >= 0.6 is 0 Å². The third kappa shape index (κ3) is 11.7. The van der Waals surface area contributed by atoms with Crippen molar-refractivity contribution in [2.45, 2.75) is 65.5 Å². The first-order chi connectivity index (χ1) is 12.7. The lowest BCUT2D eigenvalue weighted by Gasteiger charge is -1.96. The van der Waals surface area contributed by atoms with Gasteiger partial charge in [-0.2, -0.15) is 0 Å². The Bertz CT molecular complexity index is 741. The van der Waals surface area contributed by atoms with Crippen LogP contribution < -0.4 is 33.9 Å². The molecule has 0 aliphatic carbocycles. The third-order valence-corrected chi connectivity index (χ3v) is 4.19. The van der Waals surface area contributed by atoms with Gasteiger partial charge in [-0.15, -0.1) is 0 Å². The molecular weight excluding hydrogens is 387 g/mol. The van der Waals surface area contributed by atoms with E-state index in [9.17, 15) is 0 Å². The van der Waals surface area contributed by atoms with Gasteiger partial charge in [0.15, 0.2) is 24.8 Å². The summed E-state index contributed by atoms with van der Waals surface area (Å²) in [6.07, 6.45) is 15.1. The zero-order valence-corrected chi connectivity index (χ0v) is 18.4. The van der Waals surface area contributed by atoms with E-state index in [1.807, 2.05) is 0 Å². The van der Waals surface area contributed by atoms with E-state index in [1.54, 1.807) is 0 Å². The van der Waals surface area contributed by atoms with Gasteiger partial charge >= 0.3 is 0 Å². The lowest BCUT2D eigenvalue weighted by atomic mass is 10.2. The predicted molar refractivity (Wildman–Crippen MR) is 106 cm³/mol. The molecule has 2 heterocycles. The zero-order valence-electron chi connectivity index (χ0n) is 16.9. The summed E-state index contributed by atoms with van der Waals surface area (Å²) in [5.74, 6) is 12.3. The molecule has 0 amide bonds. The third-order valence-electron chi connectivity index (χ3n) is 4.19. The Morgan fingerprint density at radius 3 is 1.50 bits per heavy atom. The normalized spacial score (nSPS) is 9.07. The number of hydrogen-bond acceptors (Lipinski definition) is 0. The van der Waals surface area contributed by atoms with Crippen LogP contribution in [0.1, 0.15) is 49.7 Å². The molecule has 0 unspecified atom stereocenters. The van der Waals surface area contributed by atoms with Gasteiger partial charge in [0.25, 0.3) is 0 Å². The van der Waals surface area contributed by atoms with E-state index < -0.39 is 0 Å². The minimum atomic E-state index is 0. The van der Waals surface area contributed by atoms with Crippen LogP contribution in [-0.2, 0) is 13.1 Å². The fourth-order valence-electron chi connectivity index (χ4n) is 2.81. The molecule has 28 heavy (non-hydrogen) atoms. The summed E-state index contributed by atoms with van der Waals surface area (Å²) in [6.45, 7) is 6.38. The number of aryl methyl sites for hydroxylation is 4. The second-order valence-corrected chi connectivity index (χ2v) is 6.76. The Morgan fingerprint density at radius 2 is 1.11 bits per heavy atom. The van der Waals surface area contributed by atoms with Crippen molar-refractivity contribution in [1.82, 2.24) is 0 Å². The van der Waals surface area contributed by atoms with Crippen LogP contribution in [0.5, 0.6) is 0 Å². The van der Waals surface area contributed by atoms with E-state index in [0.717, 1.165) is 51.6 Å². The van der Waals surface area contributed by atoms with Crippen LogP contribution in [0.2, 0.25) is 0 Å². The molecule has 0 N–H and O–H groups in total. The molecule has 0 aliphatic heterocycles. The highest BCUT2D eigenvalue weighted by molar-refractivity contribution is 5.25. The number of unbranched alkanes of at least 4 members (excludes halogenated alkanes) is 4. The van der Waals surface area contributed by atoms with Crippen LogP contribution in [0.15, 0.2) is 49.1 Å². The summed E-state index contributed by atoms with van der Waals surface area (Å²) in [5.41, 5.74) is 2.61. The highest BCUT2D eigenvalue weighted by atomic mass is 35.5. The van der Waals surface area contributed by atoms with Gasteiger partial charge in [0.1, 0.15) is 13.1 Å². The average Bonchev–Trinajstić information content (AvgIpc) is 2.63. The minimum absolute atomic E-state index is 0. The first kappa shape index (κ1) is 26.0. The maximum Gasteiger partial charge on any atom is 0.171 e. The molecule has 0 aliphatic rings. The lowest BCUT2D eigenvalue weighted by Crippen LogP contribution is -3.00. The van der Waals surface area contributed by atoms with Gasteiger partial charge in [0, 0.05) is 48.9 Å². The SMILES string of the molecule is Cc1ccc[n+](CCCCC#CC#CCCCC[n+]2cccc(C)c2)c1.[Cl-].[Cl-]. The molecule has 150 valence electrons. The van der Waals surface area contributed by atoms with Crippen molar-refractivity contribution in [3.63, 3.8) is 0 Å². The summed E-state index contributed by atoms with van der Waals surface area (Å²) in [6, 6.07) is 8.46. The van der Waals surface area contributed by atoms with E-state index in [-0.39, 0.29) is 24.8 Å². The van der Waals surface area contributed by atoms with Crippen molar-refractivity contribution >= 4 is 0 Å². The summed E-state index contributed by atoms with van der Waals surface area (Å²) < 4.78 is 4.50. The molecule has 0 spiro atoms. The standard InChI is InChI=1S/C24H30N2.2ClH/c1-23-15-13-19-25(21-23)17-11-9-7-5-3-4-6-8-10-12-18-26-20-14-16-24(2)22-26;;/h13-16,19-22H,7-12,17-18H2,1-2H3;2*1H/q+2;;/p-2. The molecule has 0 radical (unpaired) electrons. The van der Waals surface area contributed by atoms with Crippen molar-refractivity contribution in [2.75, 3.05) is 0 Å². The highest BCUT2D eigenvalue weighted by Gasteiger charge is 1.99. The van der Waals surface area contributed by atoms with Crippen LogP contribution in [0.25, 0.3) is 0 Å². The molecule has 0 saturated carbocycles. The number of rotatable bonds is 8. The fraction of sp³-hybridized carbons (Fsp3) is 0.417. The summed E-state index contributed by atoms with van der Waals surface area (Å²) in [4.78, 5) is 0. The quantitative estimate of drug-likeness (QED) is 0.265. The summed E-state index contributed by atoms with van der Waals surface area (Å²) in [5, 5.41) is 0. The lowest BCUT2D eigenvalue weighted by molar-refractivity contribution is -0.697. The molecule has 0 atom stereocenters. The molecule has 2 aromatic rings. The zero-order chi connectivity index (χ0) is 18.5. The number of nitrogens with zero attached hydrogens (tertiary/aromatic N) is 2. The number of halogens is 2. The van der Waals surface area contributed by atoms with E-state index in [0.29, 0.717) is 0 Å². The molecule has 2 aromatic heterocycles. The molecular formula is C24H30Cl2N2. The Balaban J connectivity index is 0.00000364. The van der Waals surface area contributed by atoms with E-state index >= 15 is 0 Å². The first-order valence-electron chi connectivity index (χ1n) is 9.61. The second kappa shape index (κ2) is 16.0. The van der Waals surface area contributed by atoms with Crippen molar-refractivity contribution in [1.29, 1.82) is 0 Å². The van der Waals surface area contributed by atoms with Crippen molar-refractivity contribution < 1.29 is 33.9 Å².